The van der Waals surface area contributed by atoms with Crippen molar-refractivity contribution in [2.45, 2.75) is 19.3 Å². The van der Waals surface area contributed by atoms with Crippen molar-refractivity contribution < 1.29 is 8.78 Å². The van der Waals surface area contributed by atoms with E-state index < -0.39 is 6.08 Å². The van der Waals surface area contributed by atoms with Crippen LogP contribution in [0.1, 0.15) is 19.3 Å². The van der Waals surface area contributed by atoms with Crippen LogP contribution in [0.15, 0.2) is 16.8 Å². The second-order valence-electron chi connectivity index (χ2n) is 2.88. The Morgan fingerprint density at radius 2 is 2.25 bits per heavy atom. The summed E-state index contributed by atoms with van der Waals surface area (Å²) in [5.41, 5.74) is 8.20. The Labute approximate surface area is 68.7 Å². The van der Waals surface area contributed by atoms with E-state index in [1.165, 1.54) is 0 Å². The number of azide groups is 1. The molecule has 5 heteroatoms. The van der Waals surface area contributed by atoms with Gasteiger partial charge in [-0.25, -0.2) is 0 Å². The number of rotatable bonds is 3. The molecule has 1 saturated carbocycles. The number of hydrogen-bond donors (Lipinski definition) is 0. The smallest absolute Gasteiger partial charge is 0.173 e. The normalized spacial score (nSPS) is 21.2. The van der Waals surface area contributed by atoms with Crippen molar-refractivity contribution in [2.24, 2.45) is 11.0 Å². The van der Waals surface area contributed by atoms with Crippen LogP contribution in [0.4, 0.5) is 8.78 Å². The first-order valence-corrected chi connectivity index (χ1v) is 3.78. The fourth-order valence-electron chi connectivity index (χ4n) is 1.28. The molecular formula is C7H9F2N3. The Kier molecular flexibility index (Phi) is 3.05. The highest BCUT2D eigenvalue weighted by atomic mass is 19.3. The summed E-state index contributed by atoms with van der Waals surface area (Å²) in [6, 6.07) is 0. The van der Waals surface area contributed by atoms with E-state index in [9.17, 15) is 8.78 Å². The van der Waals surface area contributed by atoms with Gasteiger partial charge >= 0.3 is 0 Å². The van der Waals surface area contributed by atoms with Crippen LogP contribution in [0.3, 0.4) is 0 Å². The molecule has 0 amide bonds. The van der Waals surface area contributed by atoms with Gasteiger partial charge in [0.05, 0.1) is 0 Å². The first kappa shape index (κ1) is 9.00. The molecule has 0 bridgehead atoms. The molecule has 0 unspecified atom stereocenters. The minimum Gasteiger partial charge on any atom is -0.173 e. The SMILES string of the molecule is [N-]=[N+]=NCCC1CC(=C(F)F)C1. The van der Waals surface area contributed by atoms with Gasteiger partial charge in [0.25, 0.3) is 6.08 Å². The molecule has 0 saturated heterocycles. The van der Waals surface area contributed by atoms with Gasteiger partial charge in [0.15, 0.2) is 0 Å². The number of halogens is 2. The highest BCUT2D eigenvalue weighted by molar-refractivity contribution is 5.13. The lowest BCUT2D eigenvalue weighted by atomic mass is 9.79. The predicted octanol–water partition coefficient (Wildman–Crippen LogP) is 3.25. The van der Waals surface area contributed by atoms with E-state index in [1.54, 1.807) is 0 Å². The van der Waals surface area contributed by atoms with Crippen LogP contribution in [0.25, 0.3) is 10.4 Å². The van der Waals surface area contributed by atoms with Crippen LogP contribution in [0.2, 0.25) is 0 Å². The molecule has 3 nitrogen and oxygen atoms in total. The Morgan fingerprint density at radius 1 is 1.58 bits per heavy atom. The van der Waals surface area contributed by atoms with Gasteiger partial charge in [-0.15, -0.1) is 0 Å². The van der Waals surface area contributed by atoms with Crippen molar-refractivity contribution in [2.75, 3.05) is 6.54 Å². The zero-order valence-corrected chi connectivity index (χ0v) is 6.50. The maximum absolute atomic E-state index is 11.8. The first-order chi connectivity index (χ1) is 5.74. The predicted molar refractivity (Wildman–Crippen MR) is 40.6 cm³/mol. The molecule has 0 aromatic rings. The molecule has 0 atom stereocenters. The van der Waals surface area contributed by atoms with Crippen molar-refractivity contribution in [1.29, 1.82) is 0 Å². The largest absolute Gasteiger partial charge is 0.269 e. The topological polar surface area (TPSA) is 48.8 Å². The number of allylic oxidation sites excluding steroid dienone is 1. The molecule has 1 aliphatic carbocycles. The molecule has 12 heavy (non-hydrogen) atoms. The summed E-state index contributed by atoms with van der Waals surface area (Å²) in [5.74, 6) is 0.298. The summed E-state index contributed by atoms with van der Waals surface area (Å²) < 4.78 is 23.7. The van der Waals surface area contributed by atoms with E-state index in [0.29, 0.717) is 25.3 Å². The molecule has 0 radical (unpaired) electrons. The summed E-state index contributed by atoms with van der Waals surface area (Å²) in [6.07, 6.45) is 0.142. The lowest BCUT2D eigenvalue weighted by molar-refractivity contribution is 0.329. The Hall–Kier alpha value is -1.09. The fourth-order valence-corrected chi connectivity index (χ4v) is 1.28. The lowest BCUT2D eigenvalue weighted by Crippen LogP contribution is -2.16. The standard InChI is InChI=1S/C7H9F2N3/c8-7(9)6-3-5(4-6)1-2-11-12-10/h5H,1-4H2. The van der Waals surface area contributed by atoms with Crippen LogP contribution in [-0.2, 0) is 0 Å². The average Bonchev–Trinajstić information content (AvgIpc) is 1.93. The summed E-state index contributed by atoms with van der Waals surface area (Å²) >= 11 is 0. The van der Waals surface area contributed by atoms with Crippen LogP contribution >= 0.6 is 0 Å². The maximum atomic E-state index is 11.8. The van der Waals surface area contributed by atoms with Gasteiger partial charge in [-0.3, -0.25) is 0 Å². The number of hydrogen-bond acceptors (Lipinski definition) is 1. The van der Waals surface area contributed by atoms with E-state index in [-0.39, 0.29) is 5.57 Å². The zero-order valence-electron chi connectivity index (χ0n) is 6.50. The van der Waals surface area contributed by atoms with Crippen LogP contribution < -0.4 is 0 Å². The van der Waals surface area contributed by atoms with Crippen molar-refractivity contribution in [3.8, 4) is 0 Å². The quantitative estimate of drug-likeness (QED) is 0.357. The number of nitrogens with zero attached hydrogens (tertiary/aromatic N) is 3. The Bertz CT molecular complexity index is 231. The van der Waals surface area contributed by atoms with E-state index >= 15 is 0 Å². The third kappa shape index (κ3) is 2.20. The van der Waals surface area contributed by atoms with E-state index in [0.717, 1.165) is 6.42 Å². The molecule has 0 aliphatic heterocycles. The summed E-state index contributed by atoms with van der Waals surface area (Å²) in [4.78, 5) is 2.59. The molecule has 0 N–H and O–H groups in total. The third-order valence-corrected chi connectivity index (χ3v) is 2.04. The summed E-state index contributed by atoms with van der Waals surface area (Å²) in [7, 11) is 0. The monoisotopic (exact) mass is 173 g/mol. The summed E-state index contributed by atoms with van der Waals surface area (Å²) in [5, 5.41) is 3.34. The second kappa shape index (κ2) is 4.07. The van der Waals surface area contributed by atoms with Gasteiger partial charge in [-0.05, 0) is 36.3 Å². The minimum atomic E-state index is -1.53. The molecule has 0 spiro atoms. The molecule has 0 aromatic carbocycles. The van der Waals surface area contributed by atoms with E-state index in [1.807, 2.05) is 0 Å². The summed E-state index contributed by atoms with van der Waals surface area (Å²) in [6.45, 7) is 0.419. The highest BCUT2D eigenvalue weighted by Gasteiger charge is 2.25. The third-order valence-electron chi connectivity index (χ3n) is 2.04. The second-order valence-corrected chi connectivity index (χ2v) is 2.88. The van der Waals surface area contributed by atoms with Crippen molar-refractivity contribution >= 4 is 0 Å². The van der Waals surface area contributed by atoms with Crippen LogP contribution in [0.5, 0.6) is 0 Å². The van der Waals surface area contributed by atoms with Gasteiger partial charge in [-0.1, -0.05) is 5.11 Å². The molecule has 0 heterocycles. The van der Waals surface area contributed by atoms with Gasteiger partial charge in [0, 0.05) is 11.5 Å². The molecule has 1 aliphatic rings. The van der Waals surface area contributed by atoms with Gasteiger partial charge in [0.2, 0.25) is 0 Å². The van der Waals surface area contributed by atoms with Crippen molar-refractivity contribution in [1.82, 2.24) is 0 Å². The molecule has 1 fully saturated rings. The minimum absolute atomic E-state index is 0.265. The van der Waals surface area contributed by atoms with Gasteiger partial charge in [0.1, 0.15) is 0 Å². The van der Waals surface area contributed by atoms with E-state index in [2.05, 4.69) is 10.0 Å². The first-order valence-electron chi connectivity index (χ1n) is 3.78. The van der Waals surface area contributed by atoms with Crippen LogP contribution in [0, 0.1) is 5.92 Å². The van der Waals surface area contributed by atoms with Gasteiger partial charge in [-0.2, -0.15) is 8.78 Å². The van der Waals surface area contributed by atoms with Crippen molar-refractivity contribution in [3.63, 3.8) is 0 Å². The lowest BCUT2D eigenvalue weighted by Gasteiger charge is -2.27. The Morgan fingerprint density at radius 3 is 2.75 bits per heavy atom. The molecule has 1 rings (SSSR count). The zero-order chi connectivity index (χ0) is 8.97. The molecule has 66 valence electrons. The fraction of sp³-hybridized carbons (Fsp3) is 0.714. The van der Waals surface area contributed by atoms with E-state index in [4.69, 9.17) is 5.53 Å². The Balaban J connectivity index is 2.18. The average molecular weight is 173 g/mol. The molecular weight excluding hydrogens is 164 g/mol. The van der Waals surface area contributed by atoms with Crippen LogP contribution in [-0.4, -0.2) is 6.54 Å². The van der Waals surface area contributed by atoms with Crippen molar-refractivity contribution in [3.05, 3.63) is 22.1 Å². The highest BCUT2D eigenvalue weighted by Crippen LogP contribution is 2.38. The molecule has 0 aromatic heterocycles. The van der Waals surface area contributed by atoms with Gasteiger partial charge < -0.3 is 0 Å². The maximum Gasteiger partial charge on any atom is 0.269 e.